The van der Waals surface area contributed by atoms with Crippen LogP contribution in [-0.2, 0) is 4.79 Å². The number of nitrogens with zero attached hydrogens (tertiary/aromatic N) is 1. The molecular weight excluding hydrogens is 210 g/mol. The van der Waals surface area contributed by atoms with E-state index in [0.717, 1.165) is 36.9 Å². The highest BCUT2D eigenvalue weighted by molar-refractivity contribution is 5.79. The molecule has 0 atom stereocenters. The first-order chi connectivity index (χ1) is 8.24. The molecule has 2 rings (SSSR count). The number of hydrogen-bond acceptors (Lipinski definition) is 2. The molecule has 2 heteroatoms. The van der Waals surface area contributed by atoms with Crippen molar-refractivity contribution in [1.82, 2.24) is 0 Å². The van der Waals surface area contributed by atoms with Gasteiger partial charge < -0.3 is 0 Å². The molecule has 88 valence electrons. The van der Waals surface area contributed by atoms with Gasteiger partial charge in [-0.2, -0.15) is 0 Å². The van der Waals surface area contributed by atoms with E-state index >= 15 is 0 Å². The molecular formula is C15H17NO. The van der Waals surface area contributed by atoms with Gasteiger partial charge in [0.1, 0.15) is 5.78 Å². The average molecular weight is 227 g/mol. The molecule has 1 aromatic carbocycles. The maximum Gasteiger partial charge on any atom is 0.132 e. The summed E-state index contributed by atoms with van der Waals surface area (Å²) in [5, 5.41) is 0. The Labute approximate surface area is 102 Å². The maximum atomic E-state index is 11.2. The molecule has 1 aliphatic carbocycles. The molecule has 1 saturated carbocycles. The van der Waals surface area contributed by atoms with Crippen molar-refractivity contribution < 1.29 is 4.79 Å². The normalized spacial score (nSPS) is 16.8. The van der Waals surface area contributed by atoms with E-state index in [1.54, 1.807) is 0 Å². The van der Waals surface area contributed by atoms with E-state index < -0.39 is 0 Å². The molecule has 1 aromatic rings. The van der Waals surface area contributed by atoms with E-state index in [4.69, 9.17) is 0 Å². The topological polar surface area (TPSA) is 29.4 Å². The van der Waals surface area contributed by atoms with E-state index in [-0.39, 0.29) is 0 Å². The number of ketones is 1. The van der Waals surface area contributed by atoms with E-state index in [9.17, 15) is 4.79 Å². The molecule has 1 aliphatic rings. The standard InChI is InChI=1S/C15H17NO/c1-3-11-10-13(6-9-15(11)16-2)12-4-7-14(17)8-5-12/h3,6,9-10,12H,1-2,4-5,7-8H2. The predicted molar refractivity (Wildman–Crippen MR) is 72.0 cm³/mol. The minimum Gasteiger partial charge on any atom is -0.300 e. The Hall–Kier alpha value is -1.70. The Morgan fingerprint density at radius 3 is 2.59 bits per heavy atom. The van der Waals surface area contributed by atoms with Crippen molar-refractivity contribution >= 4 is 24.3 Å². The number of hydrogen-bond donors (Lipinski definition) is 0. The smallest absolute Gasteiger partial charge is 0.132 e. The van der Waals surface area contributed by atoms with Crippen molar-refractivity contribution in [3.05, 3.63) is 35.9 Å². The zero-order valence-corrected chi connectivity index (χ0v) is 9.98. The van der Waals surface area contributed by atoms with Crippen molar-refractivity contribution in [2.24, 2.45) is 4.99 Å². The fraction of sp³-hybridized carbons (Fsp3) is 0.333. The summed E-state index contributed by atoms with van der Waals surface area (Å²) >= 11 is 0. The number of rotatable bonds is 3. The third-order valence-corrected chi connectivity index (χ3v) is 3.46. The molecule has 0 spiro atoms. The van der Waals surface area contributed by atoms with Crippen LogP contribution in [0.1, 0.15) is 42.7 Å². The van der Waals surface area contributed by atoms with Gasteiger partial charge in [0.15, 0.2) is 0 Å². The summed E-state index contributed by atoms with van der Waals surface area (Å²) in [5.41, 5.74) is 3.19. The zero-order valence-electron chi connectivity index (χ0n) is 9.98. The quantitative estimate of drug-likeness (QED) is 0.720. The molecule has 0 bridgehead atoms. The lowest BCUT2D eigenvalue weighted by Crippen LogP contribution is -2.12. The van der Waals surface area contributed by atoms with Gasteiger partial charge in [0.05, 0.1) is 5.69 Å². The summed E-state index contributed by atoms with van der Waals surface area (Å²) in [5.74, 6) is 0.903. The fourth-order valence-electron chi connectivity index (χ4n) is 2.41. The van der Waals surface area contributed by atoms with Crippen LogP contribution >= 0.6 is 0 Å². The zero-order chi connectivity index (χ0) is 12.3. The Morgan fingerprint density at radius 2 is 2.00 bits per heavy atom. The largest absolute Gasteiger partial charge is 0.300 e. The number of carbonyl (C=O) groups excluding carboxylic acids is 1. The van der Waals surface area contributed by atoms with Crippen molar-refractivity contribution in [1.29, 1.82) is 0 Å². The lowest BCUT2D eigenvalue weighted by molar-refractivity contribution is -0.120. The third kappa shape index (κ3) is 2.52. The second kappa shape index (κ2) is 5.09. The van der Waals surface area contributed by atoms with Gasteiger partial charge in [-0.25, -0.2) is 0 Å². The maximum absolute atomic E-state index is 11.2. The number of aliphatic imine (C=N–C) groups is 1. The Kier molecular flexibility index (Phi) is 3.52. The van der Waals surface area contributed by atoms with Crippen molar-refractivity contribution in [2.45, 2.75) is 31.6 Å². The fourth-order valence-corrected chi connectivity index (χ4v) is 2.41. The lowest BCUT2D eigenvalue weighted by atomic mass is 9.83. The van der Waals surface area contributed by atoms with Crippen LogP contribution < -0.4 is 0 Å². The van der Waals surface area contributed by atoms with Gasteiger partial charge in [0, 0.05) is 12.8 Å². The van der Waals surface area contributed by atoms with Crippen molar-refractivity contribution in [2.75, 3.05) is 0 Å². The van der Waals surface area contributed by atoms with Crippen LogP contribution in [-0.4, -0.2) is 12.5 Å². The molecule has 0 aromatic heterocycles. The summed E-state index contributed by atoms with van der Waals surface area (Å²) in [7, 11) is 0. The second-order valence-corrected chi connectivity index (χ2v) is 4.49. The van der Waals surface area contributed by atoms with Gasteiger partial charge in [-0.3, -0.25) is 9.79 Å². The molecule has 1 fully saturated rings. The Balaban J connectivity index is 2.24. The van der Waals surface area contributed by atoms with Gasteiger partial charge in [0.25, 0.3) is 0 Å². The van der Waals surface area contributed by atoms with Crippen LogP contribution in [0.2, 0.25) is 0 Å². The van der Waals surface area contributed by atoms with Crippen LogP contribution in [0.25, 0.3) is 6.08 Å². The number of Topliss-reactive ketones (excluding diaryl/α,β-unsaturated/α-hetero) is 1. The lowest BCUT2D eigenvalue weighted by Gasteiger charge is -2.21. The van der Waals surface area contributed by atoms with Crippen molar-refractivity contribution in [3.63, 3.8) is 0 Å². The molecule has 0 unspecified atom stereocenters. The van der Waals surface area contributed by atoms with Crippen LogP contribution in [0.4, 0.5) is 5.69 Å². The monoisotopic (exact) mass is 227 g/mol. The summed E-state index contributed by atoms with van der Waals surface area (Å²) in [6.45, 7) is 7.35. The number of benzene rings is 1. The molecule has 0 aliphatic heterocycles. The molecule has 17 heavy (non-hydrogen) atoms. The Bertz CT molecular complexity index is 452. The van der Waals surface area contributed by atoms with Crippen LogP contribution in [0.5, 0.6) is 0 Å². The van der Waals surface area contributed by atoms with E-state index in [1.165, 1.54) is 5.56 Å². The average Bonchev–Trinajstić information content (AvgIpc) is 2.39. The van der Waals surface area contributed by atoms with E-state index in [1.807, 2.05) is 12.1 Å². The minimum absolute atomic E-state index is 0.398. The SMILES string of the molecule is C=Cc1cc(C2CCC(=O)CC2)ccc1N=C. The minimum atomic E-state index is 0.398. The summed E-state index contributed by atoms with van der Waals surface area (Å²) < 4.78 is 0. The molecule has 0 amide bonds. The van der Waals surface area contributed by atoms with Crippen molar-refractivity contribution in [3.8, 4) is 0 Å². The molecule has 0 saturated heterocycles. The first-order valence-corrected chi connectivity index (χ1v) is 5.99. The predicted octanol–water partition coefficient (Wildman–Crippen LogP) is 3.89. The van der Waals surface area contributed by atoms with Gasteiger partial charge in [0.2, 0.25) is 0 Å². The highest BCUT2D eigenvalue weighted by Crippen LogP contribution is 2.33. The second-order valence-electron chi connectivity index (χ2n) is 4.49. The molecule has 2 nitrogen and oxygen atoms in total. The third-order valence-electron chi connectivity index (χ3n) is 3.46. The van der Waals surface area contributed by atoms with Gasteiger partial charge in [-0.15, -0.1) is 0 Å². The van der Waals surface area contributed by atoms with Crippen LogP contribution in [0, 0.1) is 0 Å². The first kappa shape index (κ1) is 11.8. The Morgan fingerprint density at radius 1 is 1.29 bits per heavy atom. The summed E-state index contributed by atoms with van der Waals surface area (Å²) in [6, 6.07) is 6.20. The van der Waals surface area contributed by atoms with Crippen LogP contribution in [0.15, 0.2) is 29.8 Å². The summed E-state index contributed by atoms with van der Waals surface area (Å²) in [6.07, 6.45) is 5.18. The van der Waals surface area contributed by atoms with Gasteiger partial charge >= 0.3 is 0 Å². The summed E-state index contributed by atoms with van der Waals surface area (Å²) in [4.78, 5) is 15.2. The van der Waals surface area contributed by atoms with E-state index in [2.05, 4.69) is 30.4 Å². The van der Waals surface area contributed by atoms with Gasteiger partial charge in [-0.1, -0.05) is 18.7 Å². The number of carbonyl (C=O) groups is 1. The highest BCUT2D eigenvalue weighted by Gasteiger charge is 2.20. The first-order valence-electron chi connectivity index (χ1n) is 5.99. The van der Waals surface area contributed by atoms with Gasteiger partial charge in [-0.05, 0) is 48.7 Å². The molecule has 0 N–H and O–H groups in total. The molecule has 0 heterocycles. The van der Waals surface area contributed by atoms with Crippen LogP contribution in [0.3, 0.4) is 0 Å². The highest BCUT2D eigenvalue weighted by atomic mass is 16.1. The van der Waals surface area contributed by atoms with E-state index in [0.29, 0.717) is 11.7 Å². The molecule has 0 radical (unpaired) electrons.